The Balaban J connectivity index is 2.71. The molecule has 6 unspecified atom stereocenters. The summed E-state index contributed by atoms with van der Waals surface area (Å²) in [5, 5.41) is 31.4. The van der Waals surface area contributed by atoms with Crippen molar-refractivity contribution in [3.63, 3.8) is 0 Å². The van der Waals surface area contributed by atoms with E-state index in [1.807, 2.05) is 6.08 Å². The molecule has 12 nitrogen and oxygen atoms in total. The number of aliphatic carboxylic acids is 1. The molecular formula is C61H104O12. The molecule has 1 heterocycles. The smallest absolute Gasteiger partial charge is 0.335 e. The second-order valence-corrected chi connectivity index (χ2v) is 19.9. The first kappa shape index (κ1) is 67.4. The fraction of sp³-hybridized carbons (Fsp3) is 0.770. The van der Waals surface area contributed by atoms with Crippen molar-refractivity contribution in [3.8, 4) is 0 Å². The Kier molecular flexibility index (Phi) is 45.5. The molecule has 420 valence electrons. The maximum atomic E-state index is 13.1. The second-order valence-electron chi connectivity index (χ2n) is 19.9. The van der Waals surface area contributed by atoms with Crippen molar-refractivity contribution in [1.29, 1.82) is 0 Å². The van der Waals surface area contributed by atoms with Crippen molar-refractivity contribution in [2.24, 2.45) is 0 Å². The van der Waals surface area contributed by atoms with Crippen molar-refractivity contribution in [2.75, 3.05) is 13.2 Å². The van der Waals surface area contributed by atoms with Gasteiger partial charge in [0.15, 0.2) is 24.6 Å². The van der Waals surface area contributed by atoms with Crippen LogP contribution in [0.25, 0.3) is 0 Å². The number of allylic oxidation sites excluding steroid dienone is 10. The van der Waals surface area contributed by atoms with Crippen molar-refractivity contribution in [3.05, 3.63) is 60.8 Å². The maximum Gasteiger partial charge on any atom is 0.335 e. The van der Waals surface area contributed by atoms with Crippen LogP contribution in [0.1, 0.15) is 252 Å². The number of unbranched alkanes of at least 4 members (excludes halogenated alkanes) is 25. The van der Waals surface area contributed by atoms with Crippen LogP contribution in [0.4, 0.5) is 0 Å². The average Bonchev–Trinajstić information content (AvgIpc) is 3.37. The van der Waals surface area contributed by atoms with E-state index in [9.17, 15) is 34.5 Å². The molecule has 0 bridgehead atoms. The van der Waals surface area contributed by atoms with E-state index in [2.05, 4.69) is 75.5 Å². The Morgan fingerprint density at radius 1 is 0.466 bits per heavy atom. The lowest BCUT2D eigenvalue weighted by atomic mass is 9.98. The zero-order chi connectivity index (χ0) is 53.3. The summed E-state index contributed by atoms with van der Waals surface area (Å²) in [5.41, 5.74) is 0. The molecule has 1 fully saturated rings. The first-order valence-electron chi connectivity index (χ1n) is 29.3. The molecule has 6 atom stereocenters. The van der Waals surface area contributed by atoms with E-state index in [1.165, 1.54) is 109 Å². The van der Waals surface area contributed by atoms with E-state index < -0.39 is 67.3 Å². The third-order valence-electron chi connectivity index (χ3n) is 13.1. The van der Waals surface area contributed by atoms with E-state index >= 15 is 0 Å². The number of aliphatic hydroxyl groups is 2. The predicted octanol–water partition coefficient (Wildman–Crippen LogP) is 14.8. The molecule has 73 heavy (non-hydrogen) atoms. The Labute approximate surface area is 443 Å². The topological polar surface area (TPSA) is 175 Å². The highest BCUT2D eigenvalue weighted by molar-refractivity contribution is 5.74. The summed E-state index contributed by atoms with van der Waals surface area (Å²) in [7, 11) is 0. The van der Waals surface area contributed by atoms with Crippen LogP contribution in [-0.4, -0.2) is 89.2 Å². The molecule has 0 amide bonds. The van der Waals surface area contributed by atoms with Crippen LogP contribution in [-0.2, 0) is 42.9 Å². The Hall–Kier alpha value is -3.58. The fourth-order valence-corrected chi connectivity index (χ4v) is 8.64. The van der Waals surface area contributed by atoms with Gasteiger partial charge in [0.2, 0.25) is 0 Å². The van der Waals surface area contributed by atoms with Crippen LogP contribution >= 0.6 is 0 Å². The number of carbonyl (C=O) groups is 4. The zero-order valence-corrected chi connectivity index (χ0v) is 46.1. The van der Waals surface area contributed by atoms with Gasteiger partial charge in [0, 0.05) is 19.3 Å². The van der Waals surface area contributed by atoms with Gasteiger partial charge < -0.3 is 39.0 Å². The molecule has 0 spiro atoms. The number of rotatable bonds is 49. The largest absolute Gasteiger partial charge is 0.479 e. The number of carboxylic acid groups (broad SMARTS) is 1. The van der Waals surface area contributed by atoms with Crippen LogP contribution in [0.5, 0.6) is 0 Å². The lowest BCUT2D eigenvalue weighted by Crippen LogP contribution is -2.61. The molecule has 1 aliphatic rings. The second kappa shape index (κ2) is 49.3. The van der Waals surface area contributed by atoms with Gasteiger partial charge in [-0.25, -0.2) is 4.79 Å². The van der Waals surface area contributed by atoms with Gasteiger partial charge in [-0.15, -0.1) is 0 Å². The molecule has 1 saturated heterocycles. The summed E-state index contributed by atoms with van der Waals surface area (Å²) in [6.07, 6.45) is 47.7. The van der Waals surface area contributed by atoms with Crippen molar-refractivity contribution in [1.82, 2.24) is 0 Å². The summed E-state index contributed by atoms with van der Waals surface area (Å²) in [4.78, 5) is 51.0. The number of carbonyl (C=O) groups excluding carboxylic acids is 3. The minimum atomic E-state index is -1.91. The number of hydrogen-bond donors (Lipinski definition) is 3. The minimum Gasteiger partial charge on any atom is -0.479 e. The summed E-state index contributed by atoms with van der Waals surface area (Å²) >= 11 is 0. The summed E-state index contributed by atoms with van der Waals surface area (Å²) in [6.45, 7) is 5.83. The molecule has 0 saturated carbocycles. The van der Waals surface area contributed by atoms with Crippen LogP contribution in [0, 0.1) is 0 Å². The molecule has 12 heteroatoms. The van der Waals surface area contributed by atoms with E-state index in [4.69, 9.17) is 23.7 Å². The third-order valence-corrected chi connectivity index (χ3v) is 13.1. The van der Waals surface area contributed by atoms with Crippen molar-refractivity contribution in [2.45, 2.75) is 289 Å². The molecule has 1 aliphatic heterocycles. The monoisotopic (exact) mass is 1030 g/mol. The van der Waals surface area contributed by atoms with Gasteiger partial charge in [0.1, 0.15) is 18.8 Å². The van der Waals surface area contributed by atoms with Gasteiger partial charge in [-0.1, -0.05) is 236 Å². The molecule has 0 radical (unpaired) electrons. The lowest BCUT2D eigenvalue weighted by molar-refractivity contribution is -0.301. The first-order chi connectivity index (χ1) is 35.6. The van der Waals surface area contributed by atoms with E-state index in [0.29, 0.717) is 25.7 Å². The molecule has 0 aromatic carbocycles. The molecule has 0 aliphatic carbocycles. The van der Waals surface area contributed by atoms with Gasteiger partial charge in [0.25, 0.3) is 0 Å². The van der Waals surface area contributed by atoms with Gasteiger partial charge >= 0.3 is 23.9 Å². The number of hydrogen-bond acceptors (Lipinski definition) is 11. The Morgan fingerprint density at radius 3 is 1.30 bits per heavy atom. The number of aliphatic hydroxyl groups excluding tert-OH is 2. The van der Waals surface area contributed by atoms with Crippen molar-refractivity contribution >= 4 is 23.9 Å². The molecule has 3 N–H and O–H groups in total. The highest BCUT2D eigenvalue weighted by Crippen LogP contribution is 2.26. The predicted molar refractivity (Wildman–Crippen MR) is 294 cm³/mol. The SMILES string of the molecule is CC/C=C\C/C=C\C/C=C\C/C=C\C/C=C\CCCC(=O)OCC(COC1OC(C(=O)O)C(O)C(O)C1OC(=O)CCCCCCCCCCCCCCCCC)OC(=O)CCCCCCCCCCCCC. The minimum absolute atomic E-state index is 0.0585. The number of carboxylic acids is 1. The van der Waals surface area contributed by atoms with Gasteiger partial charge in [0.05, 0.1) is 6.61 Å². The summed E-state index contributed by atoms with van der Waals surface area (Å²) in [5.74, 6) is -3.18. The number of esters is 3. The fourth-order valence-electron chi connectivity index (χ4n) is 8.64. The van der Waals surface area contributed by atoms with Crippen LogP contribution in [0.15, 0.2) is 60.8 Å². The maximum absolute atomic E-state index is 13.1. The summed E-state index contributed by atoms with van der Waals surface area (Å²) < 4.78 is 28.3. The van der Waals surface area contributed by atoms with E-state index in [0.717, 1.165) is 77.0 Å². The van der Waals surface area contributed by atoms with Crippen molar-refractivity contribution < 1.29 is 58.2 Å². The van der Waals surface area contributed by atoms with Gasteiger partial charge in [-0.05, 0) is 57.8 Å². The van der Waals surface area contributed by atoms with Gasteiger partial charge in [-0.3, -0.25) is 14.4 Å². The Bertz CT molecular complexity index is 1500. The number of ether oxygens (including phenoxy) is 5. The quantitative estimate of drug-likeness (QED) is 0.0228. The van der Waals surface area contributed by atoms with Crippen LogP contribution in [0.2, 0.25) is 0 Å². The summed E-state index contributed by atoms with van der Waals surface area (Å²) in [6, 6.07) is 0. The molecule has 0 aromatic heterocycles. The van der Waals surface area contributed by atoms with Gasteiger partial charge in [-0.2, -0.15) is 0 Å². The highest BCUT2D eigenvalue weighted by Gasteiger charge is 2.50. The van der Waals surface area contributed by atoms with E-state index in [-0.39, 0.29) is 25.9 Å². The van der Waals surface area contributed by atoms with Crippen LogP contribution in [0.3, 0.4) is 0 Å². The molecule has 0 aromatic rings. The van der Waals surface area contributed by atoms with E-state index in [1.54, 1.807) is 0 Å². The molecule has 1 rings (SSSR count). The average molecular weight is 1030 g/mol. The Morgan fingerprint density at radius 2 is 0.863 bits per heavy atom. The third kappa shape index (κ3) is 39.5. The lowest BCUT2D eigenvalue weighted by Gasteiger charge is -2.40. The standard InChI is InChI=1S/C61H104O12/c1-4-7-10-13-16-19-22-24-26-27-29-30-33-35-38-41-44-47-53(62)69-50-52(71-54(63)48-45-42-39-36-32-21-18-15-12-9-6-3)51-70-61-59(57(66)56(65)58(73-61)60(67)68)72-55(64)49-46-43-40-37-34-31-28-25-23-20-17-14-11-8-5-2/h7,10,16,19,24,26,29-30,35,38,52,56-59,61,65-66H,4-6,8-9,11-15,17-18,20-23,25,27-28,31-34,36-37,39-51H2,1-3H3,(H,67,68)/b10-7-,19-16-,26-24-,30-29-,38-35-. The zero-order valence-electron chi connectivity index (χ0n) is 46.1. The van der Waals surface area contributed by atoms with Crippen LogP contribution < -0.4 is 0 Å². The first-order valence-corrected chi connectivity index (χ1v) is 29.3. The molecular weight excluding hydrogens is 925 g/mol. The normalized spacial score (nSPS) is 18.7. The highest BCUT2D eigenvalue weighted by atomic mass is 16.7.